The second-order valence-corrected chi connectivity index (χ2v) is 7.93. The quantitative estimate of drug-likeness (QED) is 0.337. The highest BCUT2D eigenvalue weighted by molar-refractivity contribution is 6.32. The van der Waals surface area contributed by atoms with E-state index in [0.717, 1.165) is 13.1 Å². The van der Waals surface area contributed by atoms with Crippen LogP contribution in [0.15, 0.2) is 82.5 Å². The van der Waals surface area contributed by atoms with Gasteiger partial charge in [-0.05, 0) is 18.2 Å². The molecule has 0 aliphatic carbocycles. The number of aromatic nitrogens is 3. The minimum atomic E-state index is -4.99. The summed E-state index contributed by atoms with van der Waals surface area (Å²) in [6.07, 6.45) is -3.72. The maximum atomic E-state index is 14.6. The molecule has 0 unspecified atom stereocenters. The van der Waals surface area contributed by atoms with Crippen LogP contribution in [-0.4, -0.2) is 31.8 Å². The van der Waals surface area contributed by atoms with Crippen molar-refractivity contribution < 1.29 is 36.9 Å². The first-order valence-electron chi connectivity index (χ1n) is 10.8. The zero-order valence-corrected chi connectivity index (χ0v) is 20.6. The molecule has 0 aliphatic rings. The van der Waals surface area contributed by atoms with Gasteiger partial charge in [-0.15, -0.1) is 0 Å². The summed E-state index contributed by atoms with van der Waals surface area (Å²) in [6.45, 7) is -0.757. The van der Waals surface area contributed by atoms with Crippen LogP contribution in [0.3, 0.4) is 0 Å². The summed E-state index contributed by atoms with van der Waals surface area (Å²) in [5, 5.41) is 8.41. The number of carboxylic acid groups (broad SMARTS) is 1. The standard InChI is InChI=1S/C19H12ClF4N3O6.C6H6/c1-26-14(19(22,23)24)7-15(28)27(18(26)31)11-6-13(9(20)5-10(11)21)33-12-3-2-4-25-17(12)32-8-16(29)30;1-2-4-6-5-3-1/h2-7H,8H2,1H3,(H,29,30);1-6H. The van der Waals surface area contributed by atoms with Crippen LogP contribution in [0.1, 0.15) is 5.69 Å². The Labute approximate surface area is 222 Å². The summed E-state index contributed by atoms with van der Waals surface area (Å²) in [4.78, 5) is 39.3. The number of hydrogen-bond acceptors (Lipinski definition) is 6. The van der Waals surface area contributed by atoms with Crippen molar-refractivity contribution in [1.82, 2.24) is 14.1 Å². The third-order valence-electron chi connectivity index (χ3n) is 4.81. The van der Waals surface area contributed by atoms with E-state index in [2.05, 4.69) is 4.98 Å². The van der Waals surface area contributed by atoms with Crippen LogP contribution in [0.4, 0.5) is 17.6 Å². The molecule has 204 valence electrons. The highest BCUT2D eigenvalue weighted by Gasteiger charge is 2.35. The first kappa shape index (κ1) is 28.9. The summed E-state index contributed by atoms with van der Waals surface area (Å²) in [7, 11) is 0.772. The Bertz CT molecular complexity index is 1560. The number of benzene rings is 2. The molecule has 0 fully saturated rings. The fourth-order valence-electron chi connectivity index (χ4n) is 3.08. The SMILES string of the molecule is Cn1c(C(F)(F)F)cc(=O)n(-c2cc(Oc3cccnc3OCC(=O)O)c(Cl)cc2F)c1=O.c1ccccc1. The first-order chi connectivity index (χ1) is 18.4. The molecule has 1 N–H and O–H groups in total. The molecule has 0 saturated carbocycles. The van der Waals surface area contributed by atoms with Crippen LogP contribution in [0.2, 0.25) is 5.02 Å². The van der Waals surface area contributed by atoms with Crippen LogP contribution in [0, 0.1) is 5.82 Å². The predicted octanol–water partition coefficient (Wildman–Crippen LogP) is 4.68. The molecule has 4 rings (SSSR count). The zero-order chi connectivity index (χ0) is 28.7. The van der Waals surface area contributed by atoms with Gasteiger partial charge in [-0.2, -0.15) is 13.2 Å². The molecule has 39 heavy (non-hydrogen) atoms. The van der Waals surface area contributed by atoms with Gasteiger partial charge in [-0.25, -0.2) is 23.5 Å². The summed E-state index contributed by atoms with van der Waals surface area (Å²) in [5.74, 6) is -3.23. The van der Waals surface area contributed by atoms with Gasteiger partial charge in [0.05, 0.1) is 10.7 Å². The van der Waals surface area contributed by atoms with Gasteiger partial charge >= 0.3 is 17.8 Å². The molecule has 0 atom stereocenters. The van der Waals surface area contributed by atoms with Gasteiger partial charge < -0.3 is 14.6 Å². The number of halogens is 5. The third kappa shape index (κ3) is 7.23. The van der Waals surface area contributed by atoms with Crippen molar-refractivity contribution in [2.45, 2.75) is 6.18 Å². The van der Waals surface area contributed by atoms with Gasteiger partial charge in [0.25, 0.3) is 11.4 Å². The Morgan fingerprint density at radius 3 is 2.21 bits per heavy atom. The van der Waals surface area contributed by atoms with Gasteiger partial charge in [-0.3, -0.25) is 9.36 Å². The molecule has 2 heterocycles. The largest absolute Gasteiger partial charge is 0.479 e. The van der Waals surface area contributed by atoms with E-state index in [1.807, 2.05) is 36.4 Å². The van der Waals surface area contributed by atoms with E-state index in [4.69, 9.17) is 26.2 Å². The topological polar surface area (TPSA) is 113 Å². The van der Waals surface area contributed by atoms with Crippen molar-refractivity contribution >= 4 is 17.6 Å². The van der Waals surface area contributed by atoms with Crippen molar-refractivity contribution in [1.29, 1.82) is 0 Å². The third-order valence-corrected chi connectivity index (χ3v) is 5.10. The van der Waals surface area contributed by atoms with Gasteiger partial charge in [0.15, 0.2) is 12.4 Å². The van der Waals surface area contributed by atoms with Crippen LogP contribution in [0.25, 0.3) is 5.69 Å². The van der Waals surface area contributed by atoms with Gasteiger partial charge in [0.1, 0.15) is 17.3 Å². The summed E-state index contributed by atoms with van der Waals surface area (Å²) >= 11 is 5.97. The van der Waals surface area contributed by atoms with Gasteiger partial charge in [0.2, 0.25) is 0 Å². The molecule has 0 bridgehead atoms. The van der Waals surface area contributed by atoms with Crippen molar-refractivity contribution in [3.63, 3.8) is 0 Å². The molecule has 0 amide bonds. The minimum Gasteiger partial charge on any atom is -0.479 e. The van der Waals surface area contributed by atoms with Crippen molar-refractivity contribution in [3.8, 4) is 23.1 Å². The van der Waals surface area contributed by atoms with Gasteiger partial charge in [0, 0.05) is 25.4 Å². The molecule has 9 nitrogen and oxygen atoms in total. The Balaban J connectivity index is 0.000000617. The fraction of sp³-hybridized carbons (Fsp3) is 0.120. The number of rotatable bonds is 6. The van der Waals surface area contributed by atoms with Gasteiger partial charge in [-0.1, -0.05) is 48.0 Å². The number of aliphatic carboxylic acids is 1. The molecule has 0 saturated heterocycles. The molecule has 0 spiro atoms. The molecule has 14 heteroatoms. The van der Waals surface area contributed by atoms with E-state index in [-0.39, 0.29) is 37.6 Å². The predicted molar refractivity (Wildman–Crippen MR) is 131 cm³/mol. The Morgan fingerprint density at radius 1 is 1.03 bits per heavy atom. The lowest BCUT2D eigenvalue weighted by Crippen LogP contribution is -2.41. The molecule has 0 aliphatic heterocycles. The summed E-state index contributed by atoms with van der Waals surface area (Å²) < 4.78 is 64.6. The molecule has 2 aromatic carbocycles. The molecule has 2 aromatic heterocycles. The lowest BCUT2D eigenvalue weighted by Gasteiger charge is -2.16. The Kier molecular flexibility index (Phi) is 9.09. The average molecular weight is 568 g/mol. The van der Waals surface area contributed by atoms with Crippen molar-refractivity contribution in [3.05, 3.63) is 110 Å². The number of pyridine rings is 1. The minimum absolute atomic E-state index is 0.147. The number of carboxylic acids is 1. The Morgan fingerprint density at radius 2 is 1.64 bits per heavy atom. The maximum absolute atomic E-state index is 14.6. The van der Waals surface area contributed by atoms with E-state index in [9.17, 15) is 31.9 Å². The van der Waals surface area contributed by atoms with Crippen LogP contribution < -0.4 is 20.7 Å². The number of ether oxygens (including phenoxy) is 2. The van der Waals surface area contributed by atoms with E-state index in [1.165, 1.54) is 18.3 Å². The van der Waals surface area contributed by atoms with E-state index in [0.29, 0.717) is 6.07 Å². The molecule has 0 radical (unpaired) electrons. The summed E-state index contributed by atoms with van der Waals surface area (Å²) in [6, 6.07) is 16.4. The second-order valence-electron chi connectivity index (χ2n) is 7.52. The molecular weight excluding hydrogens is 550 g/mol. The zero-order valence-electron chi connectivity index (χ0n) is 19.9. The van der Waals surface area contributed by atoms with Crippen LogP contribution in [0.5, 0.6) is 17.4 Å². The highest BCUT2D eigenvalue weighted by atomic mass is 35.5. The maximum Gasteiger partial charge on any atom is 0.431 e. The Hall–Kier alpha value is -4.65. The fourth-order valence-corrected chi connectivity index (χ4v) is 3.27. The van der Waals surface area contributed by atoms with Crippen molar-refractivity contribution in [2.75, 3.05) is 6.61 Å². The van der Waals surface area contributed by atoms with Crippen molar-refractivity contribution in [2.24, 2.45) is 7.05 Å². The normalized spacial score (nSPS) is 10.8. The average Bonchev–Trinajstić information content (AvgIpc) is 2.89. The molecular formula is C25H18ClF4N3O6. The number of alkyl halides is 3. The second kappa shape index (κ2) is 12.3. The highest BCUT2D eigenvalue weighted by Crippen LogP contribution is 2.36. The molecule has 4 aromatic rings. The lowest BCUT2D eigenvalue weighted by atomic mass is 10.2. The smallest absolute Gasteiger partial charge is 0.431 e. The first-order valence-corrected chi connectivity index (χ1v) is 11.1. The van der Waals surface area contributed by atoms with E-state index < -0.39 is 47.2 Å². The monoisotopic (exact) mass is 567 g/mol. The summed E-state index contributed by atoms with van der Waals surface area (Å²) in [5.41, 5.74) is -5.15. The lowest BCUT2D eigenvalue weighted by molar-refractivity contribution is -0.144. The van der Waals surface area contributed by atoms with Crippen LogP contribution >= 0.6 is 11.6 Å². The van der Waals surface area contributed by atoms with E-state index in [1.54, 1.807) is 0 Å². The van der Waals surface area contributed by atoms with E-state index >= 15 is 0 Å². The van der Waals surface area contributed by atoms with Crippen LogP contribution in [-0.2, 0) is 18.0 Å². The number of hydrogen-bond donors (Lipinski definition) is 1. The number of carbonyl (C=O) groups is 1. The number of nitrogens with zero attached hydrogens (tertiary/aromatic N) is 3.